The summed E-state index contributed by atoms with van der Waals surface area (Å²) in [6.45, 7) is 6.98. The highest BCUT2D eigenvalue weighted by Crippen LogP contribution is 2.31. The van der Waals surface area contributed by atoms with E-state index in [4.69, 9.17) is 9.47 Å². The maximum Gasteiger partial charge on any atom is 0.321 e. The Balaban J connectivity index is 2.34. The number of ether oxygens (including phenoxy) is 2. The van der Waals surface area contributed by atoms with E-state index in [2.05, 4.69) is 24.4 Å². The van der Waals surface area contributed by atoms with Gasteiger partial charge in [0.1, 0.15) is 18.1 Å². The van der Waals surface area contributed by atoms with Crippen molar-refractivity contribution in [2.24, 2.45) is 0 Å². The second kappa shape index (κ2) is 9.13. The molecule has 5 heteroatoms. The minimum absolute atomic E-state index is 0.162. The average Bonchev–Trinajstić information content (AvgIpc) is 2.67. The molecule has 0 radical (unpaired) electrons. The minimum Gasteiger partial charge on any atom is -0.496 e. The summed E-state index contributed by atoms with van der Waals surface area (Å²) in [7, 11) is 3.25. The van der Waals surface area contributed by atoms with Crippen molar-refractivity contribution >= 4 is 11.7 Å². The smallest absolute Gasteiger partial charge is 0.321 e. The van der Waals surface area contributed by atoms with Crippen LogP contribution in [-0.2, 0) is 13.0 Å². The van der Waals surface area contributed by atoms with Crippen molar-refractivity contribution in [2.75, 3.05) is 25.6 Å². The SMILES string of the molecule is CCc1ccc(OCc2c(OC)cccc2N(CC)C(=O)NC)c(C)c1. The van der Waals surface area contributed by atoms with Crippen molar-refractivity contribution in [3.05, 3.63) is 53.1 Å². The zero-order valence-corrected chi connectivity index (χ0v) is 16.3. The monoisotopic (exact) mass is 356 g/mol. The first-order valence-electron chi connectivity index (χ1n) is 8.93. The molecule has 0 atom stereocenters. The Morgan fingerprint density at radius 1 is 1.15 bits per heavy atom. The second-order valence-electron chi connectivity index (χ2n) is 6.00. The minimum atomic E-state index is -0.162. The molecule has 0 aromatic heterocycles. The molecule has 0 saturated carbocycles. The lowest BCUT2D eigenvalue weighted by atomic mass is 10.1. The van der Waals surface area contributed by atoms with Crippen molar-refractivity contribution in [2.45, 2.75) is 33.8 Å². The summed E-state index contributed by atoms with van der Waals surface area (Å²) in [5.41, 5.74) is 4.01. The highest BCUT2D eigenvalue weighted by atomic mass is 16.5. The van der Waals surface area contributed by atoms with Gasteiger partial charge in [0.15, 0.2) is 0 Å². The van der Waals surface area contributed by atoms with Gasteiger partial charge in [-0.2, -0.15) is 0 Å². The van der Waals surface area contributed by atoms with Crippen LogP contribution >= 0.6 is 0 Å². The van der Waals surface area contributed by atoms with E-state index in [0.717, 1.165) is 29.0 Å². The lowest BCUT2D eigenvalue weighted by Crippen LogP contribution is -2.38. The predicted octanol–water partition coefficient (Wildman–Crippen LogP) is 4.31. The number of amides is 2. The molecule has 0 aliphatic rings. The number of rotatable bonds is 7. The molecular formula is C21H28N2O3. The fraction of sp³-hybridized carbons (Fsp3) is 0.381. The molecule has 0 aliphatic carbocycles. The molecule has 0 bridgehead atoms. The average molecular weight is 356 g/mol. The van der Waals surface area contributed by atoms with Gasteiger partial charge in [-0.05, 0) is 49.6 Å². The topological polar surface area (TPSA) is 50.8 Å². The number of nitrogens with one attached hydrogen (secondary N) is 1. The molecule has 0 heterocycles. The summed E-state index contributed by atoms with van der Waals surface area (Å²) in [5.74, 6) is 1.54. The number of benzene rings is 2. The van der Waals surface area contributed by atoms with Gasteiger partial charge in [-0.3, -0.25) is 4.90 Å². The van der Waals surface area contributed by atoms with Gasteiger partial charge in [-0.15, -0.1) is 0 Å². The maximum absolute atomic E-state index is 12.2. The number of carbonyl (C=O) groups excluding carboxylic acids is 1. The van der Waals surface area contributed by atoms with Crippen LogP contribution in [0.15, 0.2) is 36.4 Å². The first-order valence-corrected chi connectivity index (χ1v) is 8.93. The Bertz CT molecular complexity index is 759. The Kier molecular flexibility index (Phi) is 6.89. The molecule has 0 aliphatic heterocycles. The highest BCUT2D eigenvalue weighted by molar-refractivity contribution is 5.93. The molecule has 2 aromatic carbocycles. The van der Waals surface area contributed by atoms with Crippen LogP contribution < -0.4 is 19.7 Å². The van der Waals surface area contributed by atoms with Crippen LogP contribution in [0, 0.1) is 6.92 Å². The molecule has 2 rings (SSSR count). The molecule has 140 valence electrons. The van der Waals surface area contributed by atoms with Crippen LogP contribution in [-0.4, -0.2) is 26.7 Å². The van der Waals surface area contributed by atoms with Gasteiger partial charge >= 0.3 is 6.03 Å². The lowest BCUT2D eigenvalue weighted by Gasteiger charge is -2.25. The van der Waals surface area contributed by atoms with Crippen molar-refractivity contribution in [1.29, 1.82) is 0 Å². The number of hydrogen-bond donors (Lipinski definition) is 1. The number of methoxy groups -OCH3 is 1. The Morgan fingerprint density at radius 3 is 2.50 bits per heavy atom. The summed E-state index contributed by atoms with van der Waals surface area (Å²) < 4.78 is 11.6. The molecule has 2 amide bonds. The van der Waals surface area contributed by atoms with Gasteiger partial charge in [0.25, 0.3) is 0 Å². The zero-order valence-electron chi connectivity index (χ0n) is 16.3. The van der Waals surface area contributed by atoms with Crippen LogP contribution in [0.5, 0.6) is 11.5 Å². The first kappa shape index (κ1) is 19.6. The molecular weight excluding hydrogens is 328 g/mol. The normalized spacial score (nSPS) is 10.3. The van der Waals surface area contributed by atoms with Crippen molar-refractivity contribution < 1.29 is 14.3 Å². The second-order valence-corrected chi connectivity index (χ2v) is 6.00. The maximum atomic E-state index is 12.2. The fourth-order valence-corrected chi connectivity index (χ4v) is 2.94. The van der Waals surface area contributed by atoms with E-state index in [9.17, 15) is 4.79 Å². The van der Waals surface area contributed by atoms with E-state index in [1.165, 1.54) is 5.56 Å². The quantitative estimate of drug-likeness (QED) is 0.804. The van der Waals surface area contributed by atoms with E-state index >= 15 is 0 Å². The third kappa shape index (κ3) is 4.28. The van der Waals surface area contributed by atoms with E-state index in [0.29, 0.717) is 18.9 Å². The van der Waals surface area contributed by atoms with Crippen molar-refractivity contribution in [3.8, 4) is 11.5 Å². The van der Waals surface area contributed by atoms with E-state index in [-0.39, 0.29) is 6.03 Å². The van der Waals surface area contributed by atoms with Gasteiger partial charge in [0.2, 0.25) is 0 Å². The first-order chi connectivity index (χ1) is 12.5. The molecule has 0 spiro atoms. The standard InChI is InChI=1S/C21H28N2O3/c1-6-16-11-12-19(15(3)13-16)26-14-17-18(9-8-10-20(17)25-5)23(7-2)21(24)22-4/h8-13H,6-7,14H2,1-5H3,(H,22,24). The summed E-state index contributed by atoms with van der Waals surface area (Å²) in [5, 5.41) is 2.68. The Hall–Kier alpha value is -2.69. The summed E-state index contributed by atoms with van der Waals surface area (Å²) >= 11 is 0. The lowest BCUT2D eigenvalue weighted by molar-refractivity contribution is 0.248. The predicted molar refractivity (Wildman–Crippen MR) is 105 cm³/mol. The number of hydrogen-bond acceptors (Lipinski definition) is 3. The summed E-state index contributed by atoms with van der Waals surface area (Å²) in [6, 6.07) is 11.7. The van der Waals surface area contributed by atoms with Crippen LogP contribution in [0.3, 0.4) is 0 Å². The molecule has 26 heavy (non-hydrogen) atoms. The molecule has 2 aromatic rings. The van der Waals surface area contributed by atoms with Gasteiger partial charge in [0.05, 0.1) is 18.4 Å². The number of nitrogens with zero attached hydrogens (tertiary/aromatic N) is 1. The van der Waals surface area contributed by atoms with Crippen LogP contribution in [0.25, 0.3) is 0 Å². The van der Waals surface area contributed by atoms with Gasteiger partial charge in [0, 0.05) is 13.6 Å². The van der Waals surface area contributed by atoms with Crippen molar-refractivity contribution in [1.82, 2.24) is 5.32 Å². The molecule has 5 nitrogen and oxygen atoms in total. The van der Waals surface area contributed by atoms with Crippen molar-refractivity contribution in [3.63, 3.8) is 0 Å². The highest BCUT2D eigenvalue weighted by Gasteiger charge is 2.19. The van der Waals surface area contributed by atoms with Gasteiger partial charge in [-0.1, -0.05) is 25.1 Å². The van der Waals surface area contributed by atoms with Crippen LogP contribution in [0.4, 0.5) is 10.5 Å². The van der Waals surface area contributed by atoms with Crippen LogP contribution in [0.1, 0.15) is 30.5 Å². The summed E-state index contributed by atoms with van der Waals surface area (Å²) in [6.07, 6.45) is 0.995. The number of urea groups is 1. The van der Waals surface area contributed by atoms with Crippen LogP contribution in [0.2, 0.25) is 0 Å². The largest absolute Gasteiger partial charge is 0.496 e. The number of aryl methyl sites for hydroxylation is 2. The molecule has 0 unspecified atom stereocenters. The molecule has 0 fully saturated rings. The third-order valence-electron chi connectivity index (χ3n) is 4.41. The Labute approximate surface area is 155 Å². The van der Waals surface area contributed by atoms with Gasteiger partial charge < -0.3 is 14.8 Å². The molecule has 0 saturated heterocycles. The number of carbonyl (C=O) groups is 1. The number of anilines is 1. The zero-order chi connectivity index (χ0) is 19.1. The van der Waals surface area contributed by atoms with E-state index < -0.39 is 0 Å². The van der Waals surface area contributed by atoms with E-state index in [1.807, 2.05) is 38.1 Å². The van der Waals surface area contributed by atoms with E-state index in [1.54, 1.807) is 19.1 Å². The summed E-state index contributed by atoms with van der Waals surface area (Å²) in [4.78, 5) is 13.9. The van der Waals surface area contributed by atoms with Gasteiger partial charge in [-0.25, -0.2) is 4.79 Å². The molecule has 1 N–H and O–H groups in total. The fourth-order valence-electron chi connectivity index (χ4n) is 2.94. The Morgan fingerprint density at radius 2 is 1.92 bits per heavy atom. The third-order valence-corrected chi connectivity index (χ3v) is 4.41.